The maximum absolute atomic E-state index is 12.3. The first-order valence-electron chi connectivity index (χ1n) is 5.85. The molecule has 0 aromatic heterocycles. The number of methoxy groups -OCH3 is 2. The van der Waals surface area contributed by atoms with Gasteiger partial charge in [-0.05, 0) is 30.6 Å². The molecule has 0 aliphatic carbocycles. The van der Waals surface area contributed by atoms with Gasteiger partial charge in [0.15, 0.2) is 11.5 Å². The van der Waals surface area contributed by atoms with E-state index in [1.165, 1.54) is 26.4 Å². The highest BCUT2D eigenvalue weighted by atomic mass is 19.4. The van der Waals surface area contributed by atoms with E-state index in [2.05, 4.69) is 4.74 Å². The lowest BCUT2D eigenvalue weighted by atomic mass is 10.1. The van der Waals surface area contributed by atoms with Crippen LogP contribution in [0, 0.1) is 0 Å². The van der Waals surface area contributed by atoms with Gasteiger partial charge in [-0.25, -0.2) is 0 Å². The van der Waals surface area contributed by atoms with E-state index in [-0.39, 0.29) is 17.9 Å². The van der Waals surface area contributed by atoms with E-state index in [1.54, 1.807) is 0 Å². The van der Waals surface area contributed by atoms with Crippen LogP contribution in [0.1, 0.15) is 8.30 Å². The summed E-state index contributed by atoms with van der Waals surface area (Å²) in [5, 5.41) is 0. The molecule has 2 N–H and O–H groups in total. The van der Waals surface area contributed by atoms with Crippen molar-refractivity contribution in [3.05, 3.63) is 17.7 Å². The van der Waals surface area contributed by atoms with Gasteiger partial charge in [0.05, 0.1) is 14.2 Å². The van der Waals surface area contributed by atoms with Crippen LogP contribution in [-0.4, -0.2) is 27.1 Å². The molecular formula is C11H14F3NO3. The maximum atomic E-state index is 12.3. The van der Waals surface area contributed by atoms with Gasteiger partial charge in [-0.15, -0.1) is 13.2 Å². The first-order valence-corrected chi connectivity index (χ1v) is 4.85. The largest absolute Gasteiger partial charge is 0.573 e. The number of hydrogen-bond donors (Lipinski definition) is 1. The van der Waals surface area contributed by atoms with E-state index in [4.69, 9.17) is 17.9 Å². The predicted molar refractivity (Wildman–Crippen MR) is 59.0 cm³/mol. The minimum atomic E-state index is -4.90. The number of halogens is 3. The molecule has 0 heterocycles. The van der Waals surface area contributed by atoms with Gasteiger partial charge in [0.25, 0.3) is 0 Å². The Morgan fingerprint density at radius 1 is 1.22 bits per heavy atom. The smallest absolute Gasteiger partial charge is 0.493 e. The number of alkyl halides is 3. The highest BCUT2D eigenvalue weighted by Gasteiger charge is 2.34. The molecule has 1 rings (SSSR count). The first-order chi connectivity index (χ1) is 9.05. The van der Waals surface area contributed by atoms with Crippen LogP contribution < -0.4 is 19.9 Å². The zero-order valence-corrected chi connectivity index (χ0v) is 9.80. The summed E-state index contributed by atoms with van der Waals surface area (Å²) >= 11 is 0. The summed E-state index contributed by atoms with van der Waals surface area (Å²) in [7, 11) is 2.33. The lowest BCUT2D eigenvalue weighted by Crippen LogP contribution is -2.18. The van der Waals surface area contributed by atoms with Crippen molar-refractivity contribution in [2.75, 3.05) is 20.7 Å². The molecule has 4 nitrogen and oxygen atoms in total. The summed E-state index contributed by atoms with van der Waals surface area (Å²) in [5.74, 6) is -1.06. The fraction of sp³-hybridized carbons (Fsp3) is 0.455. The Bertz CT molecular complexity index is 450. The average molecular weight is 267 g/mol. The van der Waals surface area contributed by atoms with Crippen LogP contribution in [0.3, 0.4) is 0 Å². The Hall–Kier alpha value is -1.63. The zero-order chi connectivity index (χ0) is 15.6. The highest BCUT2D eigenvalue weighted by Crippen LogP contribution is 2.41. The number of aryl methyl sites for hydroxylation is 1. The van der Waals surface area contributed by atoms with E-state index >= 15 is 0 Å². The average Bonchev–Trinajstić information content (AvgIpc) is 2.26. The fourth-order valence-corrected chi connectivity index (χ4v) is 1.37. The summed E-state index contributed by atoms with van der Waals surface area (Å²) in [6, 6.07) is 2.43. The normalized spacial score (nSPS) is 13.7. The number of hydrogen-bond acceptors (Lipinski definition) is 4. The molecule has 1 aromatic carbocycles. The Labute approximate surface area is 105 Å². The van der Waals surface area contributed by atoms with Crippen molar-refractivity contribution < 1.29 is 30.1 Å². The SMILES string of the molecule is [2H]C([2H])(N)Cc1cc(OC)c(OC(F)(F)F)c(OC)c1. The summed E-state index contributed by atoms with van der Waals surface area (Å²) in [6.07, 6.45) is -5.11. The Kier molecular flexibility index (Phi) is 3.70. The minimum Gasteiger partial charge on any atom is -0.493 e. The van der Waals surface area contributed by atoms with Gasteiger partial charge in [-0.1, -0.05) is 0 Å². The lowest BCUT2D eigenvalue weighted by Gasteiger charge is -2.16. The maximum Gasteiger partial charge on any atom is 0.573 e. The molecule has 0 fully saturated rings. The summed E-state index contributed by atoms with van der Waals surface area (Å²) < 4.78 is 65.0. The van der Waals surface area contributed by atoms with Crippen molar-refractivity contribution in [2.45, 2.75) is 12.8 Å². The van der Waals surface area contributed by atoms with Gasteiger partial charge in [-0.2, -0.15) is 0 Å². The van der Waals surface area contributed by atoms with Gasteiger partial charge < -0.3 is 19.9 Å². The van der Waals surface area contributed by atoms with Gasteiger partial charge in [0.2, 0.25) is 5.75 Å². The molecule has 0 saturated heterocycles. The molecule has 0 aliphatic rings. The van der Waals surface area contributed by atoms with Crippen LogP contribution in [-0.2, 0) is 6.42 Å². The second-order valence-electron chi connectivity index (χ2n) is 3.26. The number of rotatable bonds is 5. The summed E-state index contributed by atoms with van der Waals surface area (Å²) in [4.78, 5) is 0. The first kappa shape index (κ1) is 11.5. The van der Waals surface area contributed by atoms with Crippen molar-refractivity contribution in [3.8, 4) is 17.2 Å². The van der Waals surface area contributed by atoms with Gasteiger partial charge >= 0.3 is 6.36 Å². The number of benzene rings is 1. The third-order valence-electron chi connectivity index (χ3n) is 2.04. The Morgan fingerprint density at radius 2 is 1.72 bits per heavy atom. The van der Waals surface area contributed by atoms with E-state index in [0.29, 0.717) is 5.56 Å². The molecule has 0 radical (unpaired) electrons. The molecule has 1 aromatic rings. The molecule has 0 saturated carbocycles. The minimum absolute atomic E-state index is 0.216. The molecule has 7 heteroatoms. The van der Waals surface area contributed by atoms with Crippen molar-refractivity contribution in [2.24, 2.45) is 5.73 Å². The van der Waals surface area contributed by atoms with Gasteiger partial charge in [0, 0.05) is 2.74 Å². The standard InChI is InChI=1S/C11H14F3NO3/c1-16-8-5-7(3-4-15)6-9(17-2)10(8)18-11(12,13)14/h5-6H,3-4,15H2,1-2H3/i4D2. The Morgan fingerprint density at radius 3 is 2.06 bits per heavy atom. The molecule has 102 valence electrons. The van der Waals surface area contributed by atoms with E-state index in [0.717, 1.165) is 0 Å². The molecule has 0 spiro atoms. The molecule has 0 aliphatic heterocycles. The van der Waals surface area contributed by atoms with Crippen molar-refractivity contribution >= 4 is 0 Å². The van der Waals surface area contributed by atoms with E-state index in [9.17, 15) is 13.2 Å². The van der Waals surface area contributed by atoms with Crippen LogP contribution in [0.4, 0.5) is 13.2 Å². The second kappa shape index (κ2) is 5.81. The van der Waals surface area contributed by atoms with Crippen LogP contribution in [0.2, 0.25) is 0 Å². The van der Waals surface area contributed by atoms with E-state index in [1.807, 2.05) is 0 Å². The molecule has 0 bridgehead atoms. The second-order valence-corrected chi connectivity index (χ2v) is 3.26. The molecule has 0 atom stereocenters. The Balaban J connectivity index is 3.25. The fourth-order valence-electron chi connectivity index (χ4n) is 1.37. The van der Waals surface area contributed by atoms with Crippen molar-refractivity contribution in [1.29, 1.82) is 0 Å². The summed E-state index contributed by atoms with van der Waals surface area (Å²) in [6.45, 7) is -2.01. The highest BCUT2D eigenvalue weighted by molar-refractivity contribution is 5.54. The van der Waals surface area contributed by atoms with Crippen LogP contribution >= 0.6 is 0 Å². The number of nitrogens with two attached hydrogens (primary N) is 1. The predicted octanol–water partition coefficient (Wildman–Crippen LogP) is 2.10. The monoisotopic (exact) mass is 267 g/mol. The topological polar surface area (TPSA) is 53.7 Å². The molecule has 0 amide bonds. The van der Waals surface area contributed by atoms with E-state index < -0.39 is 18.6 Å². The van der Waals surface area contributed by atoms with Crippen molar-refractivity contribution in [3.63, 3.8) is 0 Å². The summed E-state index contributed by atoms with van der Waals surface area (Å²) in [5.41, 5.74) is 5.55. The zero-order valence-electron chi connectivity index (χ0n) is 11.8. The van der Waals surface area contributed by atoms with Crippen LogP contribution in [0.25, 0.3) is 0 Å². The van der Waals surface area contributed by atoms with Crippen molar-refractivity contribution in [1.82, 2.24) is 0 Å². The third-order valence-corrected chi connectivity index (χ3v) is 2.04. The van der Waals surface area contributed by atoms with Crippen LogP contribution in [0.15, 0.2) is 12.1 Å². The van der Waals surface area contributed by atoms with Gasteiger partial charge in [-0.3, -0.25) is 0 Å². The number of ether oxygens (including phenoxy) is 3. The van der Waals surface area contributed by atoms with Crippen LogP contribution in [0.5, 0.6) is 17.2 Å². The molecule has 18 heavy (non-hydrogen) atoms. The molecular weight excluding hydrogens is 251 g/mol. The quantitative estimate of drug-likeness (QED) is 0.887. The lowest BCUT2D eigenvalue weighted by molar-refractivity contribution is -0.275. The molecule has 0 unspecified atom stereocenters. The third kappa shape index (κ3) is 3.69. The van der Waals surface area contributed by atoms with Gasteiger partial charge in [0.1, 0.15) is 0 Å².